The van der Waals surface area contributed by atoms with Crippen LogP contribution in [0.1, 0.15) is 34.4 Å². The molecule has 0 bridgehead atoms. The maximum atomic E-state index is 12.4. The number of carbonyl (C=O) groups excluding carboxylic acids is 2. The summed E-state index contributed by atoms with van der Waals surface area (Å²) in [5.74, 6) is -1.15. The predicted octanol–water partition coefficient (Wildman–Crippen LogP) is 1.86. The number of ether oxygens (including phenoxy) is 1. The highest BCUT2D eigenvalue weighted by Crippen LogP contribution is 2.18. The first-order valence-corrected chi connectivity index (χ1v) is 8.81. The van der Waals surface area contributed by atoms with Gasteiger partial charge in [-0.05, 0) is 26.3 Å². The molecule has 0 aliphatic rings. The molecule has 9 heteroatoms. The molecule has 0 aliphatic heterocycles. The number of aryl methyl sites for hydroxylation is 2. The Morgan fingerprint density at radius 3 is 2.57 bits per heavy atom. The molecule has 9 nitrogen and oxygen atoms in total. The molecule has 2 aromatic heterocycles. The molecule has 0 saturated heterocycles. The number of aromatic nitrogens is 5. The minimum absolute atomic E-state index is 0.0457. The fraction of sp³-hybridized carbons (Fsp3) is 0.316. The van der Waals surface area contributed by atoms with Gasteiger partial charge in [-0.1, -0.05) is 35.5 Å². The quantitative estimate of drug-likeness (QED) is 0.653. The van der Waals surface area contributed by atoms with Gasteiger partial charge in [-0.15, -0.1) is 5.10 Å². The molecule has 28 heavy (non-hydrogen) atoms. The number of amides is 1. The van der Waals surface area contributed by atoms with Gasteiger partial charge >= 0.3 is 5.97 Å². The second-order valence-electron chi connectivity index (χ2n) is 6.49. The molecule has 1 amide bonds. The lowest BCUT2D eigenvalue weighted by Crippen LogP contribution is -2.30. The highest BCUT2D eigenvalue weighted by Gasteiger charge is 2.23. The number of anilines is 1. The van der Waals surface area contributed by atoms with Crippen molar-refractivity contribution in [2.45, 2.75) is 33.4 Å². The SMILES string of the molecule is Cc1nn(C)c(C)c1NC(=O)C(C)OC(=O)c1cn(Cc2ccccc2)nn1. The second kappa shape index (κ2) is 8.03. The Hall–Kier alpha value is -3.49. The van der Waals surface area contributed by atoms with Crippen molar-refractivity contribution < 1.29 is 14.3 Å². The van der Waals surface area contributed by atoms with Crippen LogP contribution in [-0.2, 0) is 23.1 Å². The molecule has 1 N–H and O–H groups in total. The van der Waals surface area contributed by atoms with Crippen molar-refractivity contribution in [2.24, 2.45) is 7.05 Å². The maximum Gasteiger partial charge on any atom is 0.361 e. The highest BCUT2D eigenvalue weighted by atomic mass is 16.5. The summed E-state index contributed by atoms with van der Waals surface area (Å²) < 4.78 is 8.44. The highest BCUT2D eigenvalue weighted by molar-refractivity contribution is 5.97. The predicted molar refractivity (Wildman–Crippen MR) is 102 cm³/mol. The Morgan fingerprint density at radius 2 is 1.93 bits per heavy atom. The minimum Gasteiger partial charge on any atom is -0.448 e. The Kier molecular flexibility index (Phi) is 5.53. The van der Waals surface area contributed by atoms with E-state index in [4.69, 9.17) is 4.74 Å². The zero-order valence-electron chi connectivity index (χ0n) is 16.2. The number of rotatable bonds is 6. The van der Waals surface area contributed by atoms with Gasteiger partial charge in [0.25, 0.3) is 5.91 Å². The zero-order valence-corrected chi connectivity index (χ0v) is 16.2. The van der Waals surface area contributed by atoms with E-state index in [2.05, 4.69) is 20.7 Å². The van der Waals surface area contributed by atoms with Crippen LogP contribution in [0, 0.1) is 13.8 Å². The molecular formula is C19H22N6O3. The number of nitrogens with zero attached hydrogens (tertiary/aromatic N) is 5. The number of esters is 1. The molecule has 146 valence electrons. The van der Waals surface area contributed by atoms with Crippen molar-refractivity contribution in [1.82, 2.24) is 24.8 Å². The van der Waals surface area contributed by atoms with Crippen LogP contribution in [0.2, 0.25) is 0 Å². The number of carbonyl (C=O) groups is 2. The minimum atomic E-state index is -0.995. The fourth-order valence-electron chi connectivity index (χ4n) is 2.69. The van der Waals surface area contributed by atoms with Crippen LogP contribution in [0.3, 0.4) is 0 Å². The summed E-state index contributed by atoms with van der Waals surface area (Å²) in [6.07, 6.45) is 0.501. The monoisotopic (exact) mass is 382 g/mol. The molecule has 1 atom stereocenters. The maximum absolute atomic E-state index is 12.4. The molecule has 0 saturated carbocycles. The number of hydrogen-bond acceptors (Lipinski definition) is 6. The Bertz CT molecular complexity index is 993. The van der Waals surface area contributed by atoms with Crippen molar-refractivity contribution >= 4 is 17.6 Å². The molecule has 0 spiro atoms. The number of benzene rings is 1. The summed E-state index contributed by atoms with van der Waals surface area (Å²) in [7, 11) is 1.79. The van der Waals surface area contributed by atoms with Crippen LogP contribution in [0.25, 0.3) is 0 Å². The summed E-state index contributed by atoms with van der Waals surface area (Å²) in [6.45, 7) is 5.63. The van der Waals surface area contributed by atoms with Crippen molar-refractivity contribution in [2.75, 3.05) is 5.32 Å². The van der Waals surface area contributed by atoms with Gasteiger partial charge < -0.3 is 10.1 Å². The molecule has 3 rings (SSSR count). The second-order valence-corrected chi connectivity index (χ2v) is 6.49. The molecule has 0 radical (unpaired) electrons. The van der Waals surface area contributed by atoms with Crippen LogP contribution in [0.4, 0.5) is 5.69 Å². The van der Waals surface area contributed by atoms with E-state index in [1.807, 2.05) is 37.3 Å². The van der Waals surface area contributed by atoms with E-state index >= 15 is 0 Å². The molecular weight excluding hydrogens is 360 g/mol. The average Bonchev–Trinajstić information content (AvgIpc) is 3.22. The molecule has 0 aliphatic carbocycles. The summed E-state index contributed by atoms with van der Waals surface area (Å²) >= 11 is 0. The van der Waals surface area contributed by atoms with E-state index in [1.165, 1.54) is 13.1 Å². The third-order valence-electron chi connectivity index (χ3n) is 4.35. The first kappa shape index (κ1) is 19.3. The number of nitrogens with one attached hydrogen (secondary N) is 1. The van der Waals surface area contributed by atoms with Crippen LogP contribution in [0.15, 0.2) is 36.5 Å². The molecule has 3 aromatic rings. The standard InChI is InChI=1S/C19H22N6O3/c1-12-17(13(2)24(4)22-12)20-18(26)14(3)28-19(27)16-11-25(23-21-16)10-15-8-6-5-7-9-15/h5-9,11,14H,10H2,1-4H3,(H,20,26). The van der Waals surface area contributed by atoms with Crippen LogP contribution >= 0.6 is 0 Å². The van der Waals surface area contributed by atoms with Gasteiger partial charge in [0.2, 0.25) is 0 Å². The van der Waals surface area contributed by atoms with E-state index in [1.54, 1.807) is 23.3 Å². The van der Waals surface area contributed by atoms with E-state index in [0.717, 1.165) is 11.3 Å². The van der Waals surface area contributed by atoms with Gasteiger partial charge in [0, 0.05) is 7.05 Å². The van der Waals surface area contributed by atoms with E-state index < -0.39 is 18.0 Å². The summed E-state index contributed by atoms with van der Waals surface area (Å²) in [4.78, 5) is 24.7. The lowest BCUT2D eigenvalue weighted by Gasteiger charge is -2.12. The lowest BCUT2D eigenvalue weighted by molar-refractivity contribution is -0.123. The van der Waals surface area contributed by atoms with Crippen molar-refractivity contribution in [1.29, 1.82) is 0 Å². The normalized spacial score (nSPS) is 11.9. The van der Waals surface area contributed by atoms with E-state index in [9.17, 15) is 9.59 Å². The van der Waals surface area contributed by atoms with Crippen molar-refractivity contribution in [3.8, 4) is 0 Å². The van der Waals surface area contributed by atoms with Gasteiger partial charge in [-0.3, -0.25) is 9.48 Å². The molecule has 2 heterocycles. The third-order valence-corrected chi connectivity index (χ3v) is 4.35. The summed E-state index contributed by atoms with van der Waals surface area (Å²) in [5.41, 5.74) is 3.19. The van der Waals surface area contributed by atoms with E-state index in [0.29, 0.717) is 17.9 Å². The van der Waals surface area contributed by atoms with Crippen LogP contribution in [-0.4, -0.2) is 42.8 Å². The average molecular weight is 382 g/mol. The first-order valence-electron chi connectivity index (χ1n) is 8.81. The third kappa shape index (κ3) is 4.25. The van der Waals surface area contributed by atoms with Crippen LogP contribution < -0.4 is 5.32 Å². The smallest absolute Gasteiger partial charge is 0.361 e. The van der Waals surface area contributed by atoms with Crippen LogP contribution in [0.5, 0.6) is 0 Å². The Labute approximate surface area is 162 Å². The number of hydrogen-bond donors (Lipinski definition) is 1. The van der Waals surface area contributed by atoms with Gasteiger partial charge in [0.1, 0.15) is 0 Å². The topological polar surface area (TPSA) is 104 Å². The molecule has 1 unspecified atom stereocenters. The van der Waals surface area contributed by atoms with Crippen molar-refractivity contribution in [3.63, 3.8) is 0 Å². The largest absolute Gasteiger partial charge is 0.448 e. The first-order chi connectivity index (χ1) is 13.3. The molecule has 1 aromatic carbocycles. The summed E-state index contributed by atoms with van der Waals surface area (Å²) in [5, 5.41) is 14.8. The van der Waals surface area contributed by atoms with Gasteiger partial charge in [-0.25, -0.2) is 9.48 Å². The van der Waals surface area contributed by atoms with Crippen molar-refractivity contribution in [3.05, 3.63) is 59.2 Å². The zero-order chi connectivity index (χ0) is 20.3. The lowest BCUT2D eigenvalue weighted by atomic mass is 10.2. The Balaban J connectivity index is 1.60. The van der Waals surface area contributed by atoms with E-state index in [-0.39, 0.29) is 5.69 Å². The summed E-state index contributed by atoms with van der Waals surface area (Å²) in [6, 6.07) is 9.68. The fourth-order valence-corrected chi connectivity index (χ4v) is 2.69. The van der Waals surface area contributed by atoms with Gasteiger partial charge in [0.05, 0.1) is 29.8 Å². The van der Waals surface area contributed by atoms with Gasteiger partial charge in [-0.2, -0.15) is 5.10 Å². The molecule has 0 fully saturated rings. The Morgan fingerprint density at radius 1 is 1.21 bits per heavy atom. The van der Waals surface area contributed by atoms with Gasteiger partial charge in [0.15, 0.2) is 11.8 Å².